The standard InChI is InChI=1S/C11H9F3O2/c12-11(13,14)7-6-9(15)10(16)8-4-2-1-3-5-8/h1-5H,6-7H2. The minimum atomic E-state index is -4.41. The fourth-order valence-electron chi connectivity index (χ4n) is 1.12. The summed E-state index contributed by atoms with van der Waals surface area (Å²) in [6, 6.07) is 7.53. The summed E-state index contributed by atoms with van der Waals surface area (Å²) in [5.41, 5.74) is 0.120. The lowest BCUT2D eigenvalue weighted by Gasteiger charge is -2.04. The Bertz CT molecular complexity index is 382. The van der Waals surface area contributed by atoms with E-state index in [1.807, 2.05) is 0 Å². The second-order valence-corrected chi connectivity index (χ2v) is 3.23. The van der Waals surface area contributed by atoms with E-state index in [2.05, 4.69) is 0 Å². The third-order valence-corrected chi connectivity index (χ3v) is 1.92. The summed E-state index contributed by atoms with van der Waals surface area (Å²) >= 11 is 0. The zero-order valence-electron chi connectivity index (χ0n) is 8.25. The average Bonchev–Trinajstić information content (AvgIpc) is 2.25. The molecule has 0 aromatic heterocycles. The minimum Gasteiger partial charge on any atom is -0.290 e. The molecule has 0 aliphatic heterocycles. The monoisotopic (exact) mass is 230 g/mol. The van der Waals surface area contributed by atoms with Crippen LogP contribution in [0.2, 0.25) is 0 Å². The fraction of sp³-hybridized carbons (Fsp3) is 0.273. The zero-order valence-corrected chi connectivity index (χ0v) is 8.25. The van der Waals surface area contributed by atoms with E-state index in [4.69, 9.17) is 0 Å². The Morgan fingerprint density at radius 1 is 1.06 bits per heavy atom. The van der Waals surface area contributed by atoms with Crippen molar-refractivity contribution in [1.29, 1.82) is 0 Å². The van der Waals surface area contributed by atoms with Crippen LogP contribution >= 0.6 is 0 Å². The van der Waals surface area contributed by atoms with Gasteiger partial charge in [-0.25, -0.2) is 0 Å². The number of carbonyl (C=O) groups is 2. The molecule has 0 heterocycles. The summed E-state index contributed by atoms with van der Waals surface area (Å²) < 4.78 is 35.5. The molecule has 0 radical (unpaired) electrons. The predicted octanol–water partition coefficient (Wildman–Crippen LogP) is 2.78. The number of alkyl halides is 3. The van der Waals surface area contributed by atoms with Crippen molar-refractivity contribution < 1.29 is 22.8 Å². The van der Waals surface area contributed by atoms with Crippen LogP contribution in [0.4, 0.5) is 13.2 Å². The Hall–Kier alpha value is -1.65. The number of hydrogen-bond acceptors (Lipinski definition) is 2. The highest BCUT2D eigenvalue weighted by atomic mass is 19.4. The van der Waals surface area contributed by atoms with Gasteiger partial charge in [-0.1, -0.05) is 30.3 Å². The maximum absolute atomic E-state index is 11.8. The Morgan fingerprint density at radius 3 is 2.12 bits per heavy atom. The van der Waals surface area contributed by atoms with E-state index in [0.29, 0.717) is 0 Å². The smallest absolute Gasteiger partial charge is 0.290 e. The first kappa shape index (κ1) is 12.4. The normalized spacial score (nSPS) is 11.2. The molecule has 2 nitrogen and oxygen atoms in total. The van der Waals surface area contributed by atoms with Gasteiger partial charge in [0.2, 0.25) is 11.6 Å². The largest absolute Gasteiger partial charge is 0.389 e. The minimum absolute atomic E-state index is 0.120. The van der Waals surface area contributed by atoms with Gasteiger partial charge in [0.1, 0.15) is 0 Å². The Balaban J connectivity index is 2.59. The van der Waals surface area contributed by atoms with Gasteiger partial charge >= 0.3 is 6.18 Å². The van der Waals surface area contributed by atoms with Gasteiger partial charge in [0.25, 0.3) is 0 Å². The van der Waals surface area contributed by atoms with Crippen LogP contribution in [-0.4, -0.2) is 17.7 Å². The van der Waals surface area contributed by atoms with Crippen LogP contribution in [0.15, 0.2) is 30.3 Å². The van der Waals surface area contributed by atoms with Crippen LogP contribution in [0, 0.1) is 0 Å². The van der Waals surface area contributed by atoms with Crippen molar-refractivity contribution in [3.05, 3.63) is 35.9 Å². The first-order valence-electron chi connectivity index (χ1n) is 4.59. The van der Waals surface area contributed by atoms with Gasteiger partial charge in [0.15, 0.2) is 0 Å². The molecule has 0 fully saturated rings. The number of benzene rings is 1. The molecule has 86 valence electrons. The molecule has 0 atom stereocenters. The van der Waals surface area contributed by atoms with Gasteiger partial charge in [0.05, 0.1) is 6.42 Å². The molecular weight excluding hydrogens is 221 g/mol. The molecule has 16 heavy (non-hydrogen) atoms. The van der Waals surface area contributed by atoms with E-state index in [1.54, 1.807) is 18.2 Å². The summed E-state index contributed by atoms with van der Waals surface area (Å²) in [6.45, 7) is 0. The number of rotatable bonds is 4. The molecule has 0 spiro atoms. The molecule has 1 aromatic carbocycles. The number of Topliss-reactive ketones (excluding diaryl/α,β-unsaturated/α-hetero) is 2. The van der Waals surface area contributed by atoms with E-state index in [1.165, 1.54) is 12.1 Å². The van der Waals surface area contributed by atoms with Gasteiger partial charge in [-0.15, -0.1) is 0 Å². The number of ketones is 2. The maximum atomic E-state index is 11.8. The quantitative estimate of drug-likeness (QED) is 0.588. The van der Waals surface area contributed by atoms with Crippen molar-refractivity contribution in [2.45, 2.75) is 19.0 Å². The zero-order chi connectivity index (χ0) is 12.2. The average molecular weight is 230 g/mol. The summed E-state index contributed by atoms with van der Waals surface area (Å²) in [4.78, 5) is 22.5. The Morgan fingerprint density at radius 2 is 1.62 bits per heavy atom. The molecule has 0 aliphatic carbocycles. The number of carbonyl (C=O) groups excluding carboxylic acids is 2. The van der Waals surface area contributed by atoms with Crippen molar-refractivity contribution in [2.75, 3.05) is 0 Å². The van der Waals surface area contributed by atoms with Crippen molar-refractivity contribution in [3.63, 3.8) is 0 Å². The predicted molar refractivity (Wildman–Crippen MR) is 51.1 cm³/mol. The SMILES string of the molecule is O=C(CCC(F)(F)F)C(=O)c1ccccc1. The van der Waals surface area contributed by atoms with Crippen LogP contribution in [-0.2, 0) is 4.79 Å². The van der Waals surface area contributed by atoms with Crippen molar-refractivity contribution in [3.8, 4) is 0 Å². The number of halogens is 3. The highest BCUT2D eigenvalue weighted by molar-refractivity contribution is 6.43. The lowest BCUT2D eigenvalue weighted by molar-refractivity contribution is -0.141. The molecule has 1 aromatic rings. The lowest BCUT2D eigenvalue weighted by Crippen LogP contribution is -2.17. The van der Waals surface area contributed by atoms with Crippen LogP contribution in [0.1, 0.15) is 23.2 Å². The third kappa shape index (κ3) is 3.84. The molecule has 0 bridgehead atoms. The van der Waals surface area contributed by atoms with Crippen molar-refractivity contribution in [2.24, 2.45) is 0 Å². The van der Waals surface area contributed by atoms with Gasteiger partial charge in [-0.2, -0.15) is 13.2 Å². The van der Waals surface area contributed by atoms with Gasteiger partial charge in [-0.3, -0.25) is 9.59 Å². The second kappa shape index (κ2) is 4.92. The van der Waals surface area contributed by atoms with Crippen LogP contribution in [0.5, 0.6) is 0 Å². The summed E-state index contributed by atoms with van der Waals surface area (Å²) in [7, 11) is 0. The van der Waals surface area contributed by atoms with Crippen LogP contribution < -0.4 is 0 Å². The molecule has 0 amide bonds. The summed E-state index contributed by atoms with van der Waals surface area (Å²) in [5, 5.41) is 0. The van der Waals surface area contributed by atoms with E-state index < -0.39 is 30.6 Å². The molecule has 0 saturated carbocycles. The van der Waals surface area contributed by atoms with Crippen LogP contribution in [0.25, 0.3) is 0 Å². The van der Waals surface area contributed by atoms with Crippen molar-refractivity contribution >= 4 is 11.6 Å². The molecule has 5 heteroatoms. The topological polar surface area (TPSA) is 34.1 Å². The molecule has 1 rings (SSSR count). The molecule has 0 N–H and O–H groups in total. The molecular formula is C11H9F3O2. The Kier molecular flexibility index (Phi) is 3.82. The fourth-order valence-corrected chi connectivity index (χ4v) is 1.12. The maximum Gasteiger partial charge on any atom is 0.389 e. The molecule has 0 unspecified atom stereocenters. The summed E-state index contributed by atoms with van der Waals surface area (Å²) in [5.74, 6) is -1.88. The second-order valence-electron chi connectivity index (χ2n) is 3.23. The van der Waals surface area contributed by atoms with Crippen molar-refractivity contribution in [1.82, 2.24) is 0 Å². The third-order valence-electron chi connectivity index (χ3n) is 1.92. The summed E-state index contributed by atoms with van der Waals surface area (Å²) in [6.07, 6.45) is -6.46. The highest BCUT2D eigenvalue weighted by Crippen LogP contribution is 2.21. The van der Waals surface area contributed by atoms with Gasteiger partial charge in [-0.05, 0) is 0 Å². The number of hydrogen-bond donors (Lipinski definition) is 0. The van der Waals surface area contributed by atoms with Crippen LogP contribution in [0.3, 0.4) is 0 Å². The van der Waals surface area contributed by atoms with E-state index in [-0.39, 0.29) is 5.56 Å². The Labute approximate surface area is 90.1 Å². The van der Waals surface area contributed by atoms with Gasteiger partial charge < -0.3 is 0 Å². The van der Waals surface area contributed by atoms with Gasteiger partial charge in [0, 0.05) is 12.0 Å². The first-order valence-corrected chi connectivity index (χ1v) is 4.59. The van der Waals surface area contributed by atoms with E-state index >= 15 is 0 Å². The molecule has 0 aliphatic rings. The van der Waals surface area contributed by atoms with E-state index in [9.17, 15) is 22.8 Å². The molecule has 0 saturated heterocycles. The lowest BCUT2D eigenvalue weighted by atomic mass is 10.0. The van der Waals surface area contributed by atoms with E-state index in [0.717, 1.165) is 0 Å². The first-order chi connectivity index (χ1) is 7.40. The highest BCUT2D eigenvalue weighted by Gasteiger charge is 2.29.